The van der Waals surface area contributed by atoms with Crippen LogP contribution < -0.4 is 21.4 Å². The smallest absolute Gasteiger partial charge is 0.335 e. The molecule has 0 aliphatic rings. The molecule has 0 radical (unpaired) electrons. The van der Waals surface area contributed by atoms with Crippen LogP contribution in [0.15, 0.2) is 52.1 Å². The first kappa shape index (κ1) is 26.2. The number of carbonyl (C=O) groups is 1. The fourth-order valence-corrected chi connectivity index (χ4v) is 4.37. The summed E-state index contributed by atoms with van der Waals surface area (Å²) in [6.45, 7) is 1.16. The zero-order valence-electron chi connectivity index (χ0n) is 18.1. The normalized spacial score (nSPS) is 11.7. The third kappa shape index (κ3) is 4.58. The van der Waals surface area contributed by atoms with Gasteiger partial charge < -0.3 is 5.84 Å². The second kappa shape index (κ2) is 9.30. The Morgan fingerprint density at radius 3 is 2.33 bits per heavy atom. The van der Waals surface area contributed by atoms with Gasteiger partial charge >= 0.3 is 11.9 Å². The molecule has 0 bridgehead atoms. The minimum absolute atomic E-state index is 0.143. The first-order valence-corrected chi connectivity index (χ1v) is 11.4. The topological polar surface area (TPSA) is 159 Å². The number of H-pyrrole nitrogens is 1. The van der Waals surface area contributed by atoms with Gasteiger partial charge in [-0.2, -0.15) is 18.4 Å². The van der Waals surface area contributed by atoms with Gasteiger partial charge in [-0.25, -0.2) is 26.6 Å². The van der Waals surface area contributed by atoms with E-state index in [1.807, 2.05) is 0 Å². The third-order valence-electron chi connectivity index (χ3n) is 4.95. The molecular weight excluding hydrogens is 510 g/mol. The molecule has 1 heterocycles. The molecule has 36 heavy (non-hydrogen) atoms. The Balaban J connectivity index is 2.47. The van der Waals surface area contributed by atoms with Crippen molar-refractivity contribution in [3.8, 4) is 17.2 Å². The number of rotatable bonds is 5. The van der Waals surface area contributed by atoms with Crippen molar-refractivity contribution in [3.63, 3.8) is 0 Å². The molecule has 0 aliphatic carbocycles. The number of nitriles is 1. The molecule has 0 spiro atoms. The third-order valence-corrected chi connectivity index (χ3v) is 6.60. The highest BCUT2D eigenvalue weighted by atomic mass is 32.2. The molecule has 0 aliphatic heterocycles. The van der Waals surface area contributed by atoms with Gasteiger partial charge in [0.1, 0.15) is 11.9 Å². The molecule has 3 rings (SSSR count). The molecule has 15 heteroatoms. The average Bonchev–Trinajstić information content (AvgIpc) is 2.81. The zero-order valence-corrected chi connectivity index (χ0v) is 18.9. The Hall–Kier alpha value is -4.45. The lowest BCUT2D eigenvalue weighted by Gasteiger charge is -2.24. The molecule has 1 aromatic heterocycles. The van der Waals surface area contributed by atoms with Gasteiger partial charge in [-0.05, 0) is 31.2 Å². The molecule has 3 aromatic rings. The van der Waals surface area contributed by atoms with Crippen molar-refractivity contribution in [3.05, 3.63) is 85.9 Å². The van der Waals surface area contributed by atoms with Crippen LogP contribution in [0.1, 0.15) is 28.5 Å². The molecule has 1 amide bonds. The van der Waals surface area contributed by atoms with E-state index in [1.165, 1.54) is 41.4 Å². The number of benzene rings is 2. The second-order valence-electron chi connectivity index (χ2n) is 7.15. The fourth-order valence-electron chi connectivity index (χ4n) is 3.30. The molecule has 188 valence electrons. The average molecular weight is 525 g/mol. The number of halogens is 4. The maximum absolute atomic E-state index is 15.0. The van der Waals surface area contributed by atoms with Gasteiger partial charge in [-0.15, -0.1) is 0 Å². The Bertz CT molecular complexity index is 1620. The summed E-state index contributed by atoms with van der Waals surface area (Å²) in [5, 5.41) is 9.50. The lowest BCUT2D eigenvalue weighted by Crippen LogP contribution is -2.41. The Morgan fingerprint density at radius 2 is 1.81 bits per heavy atom. The number of nitrogen functional groups attached to an aromatic ring is 1. The van der Waals surface area contributed by atoms with Crippen molar-refractivity contribution in [2.45, 2.75) is 13.1 Å². The van der Waals surface area contributed by atoms with Crippen molar-refractivity contribution < 1.29 is 30.8 Å². The molecule has 3 N–H and O–H groups in total. The van der Waals surface area contributed by atoms with Crippen LogP contribution in [0.3, 0.4) is 0 Å². The van der Waals surface area contributed by atoms with Crippen molar-refractivity contribution in [2.24, 2.45) is 0 Å². The van der Waals surface area contributed by atoms with Crippen molar-refractivity contribution >= 4 is 21.6 Å². The highest BCUT2D eigenvalue weighted by Gasteiger charge is 2.41. The number of aromatic amines is 1. The number of hydrogen-bond donors (Lipinski definition) is 2. The van der Waals surface area contributed by atoms with Gasteiger partial charge in [0, 0.05) is 11.1 Å². The maximum atomic E-state index is 15.0. The first-order chi connectivity index (χ1) is 16.7. The van der Waals surface area contributed by atoms with Crippen LogP contribution in [-0.2, 0) is 16.2 Å². The van der Waals surface area contributed by atoms with Gasteiger partial charge in [0.2, 0.25) is 10.0 Å². The molecule has 0 unspecified atom stereocenters. The number of carbonyl (C=O) groups excluding carboxylic acids is 1. The van der Waals surface area contributed by atoms with Gasteiger partial charge in [-0.3, -0.25) is 14.6 Å². The van der Waals surface area contributed by atoms with E-state index in [-0.39, 0.29) is 9.87 Å². The Morgan fingerprint density at radius 1 is 1.19 bits per heavy atom. The van der Waals surface area contributed by atoms with Crippen LogP contribution in [0.4, 0.5) is 23.2 Å². The van der Waals surface area contributed by atoms with Crippen LogP contribution in [-0.4, -0.2) is 29.7 Å². The SMILES string of the molecule is CCS(=O)(=O)N(C(=O)c1ccccc1)c1cc(-c2c(C(F)(F)F)n(N)c(=O)[nH]c2=O)c(F)cc1C#N. The van der Waals surface area contributed by atoms with E-state index < -0.39 is 77.7 Å². The highest BCUT2D eigenvalue weighted by molar-refractivity contribution is 7.93. The lowest BCUT2D eigenvalue weighted by molar-refractivity contribution is -0.143. The van der Waals surface area contributed by atoms with Crippen LogP contribution in [0.5, 0.6) is 0 Å². The highest BCUT2D eigenvalue weighted by Crippen LogP contribution is 2.38. The largest absolute Gasteiger partial charge is 0.434 e. The number of nitrogens with one attached hydrogen (secondary N) is 1. The van der Waals surface area contributed by atoms with Crippen LogP contribution >= 0.6 is 0 Å². The number of amides is 1. The van der Waals surface area contributed by atoms with E-state index in [0.29, 0.717) is 12.1 Å². The summed E-state index contributed by atoms with van der Waals surface area (Å²) in [6, 6.07) is 9.13. The predicted molar refractivity (Wildman–Crippen MR) is 119 cm³/mol. The van der Waals surface area contributed by atoms with Gasteiger partial charge in [0.05, 0.1) is 22.6 Å². The Labute approximate surface area is 199 Å². The number of aromatic nitrogens is 2. The van der Waals surface area contributed by atoms with E-state index in [9.17, 15) is 45.6 Å². The van der Waals surface area contributed by atoms with E-state index >= 15 is 0 Å². The lowest BCUT2D eigenvalue weighted by atomic mass is 10.0. The standard InChI is InChI=1S/C21H15F4N5O5S/c1-2-36(34,35)30(19(32)11-6-4-3-5-7-11)15-9-13(14(22)8-12(15)10-26)16-17(21(23,24)25)29(27)20(33)28-18(16)31/h3-9H,2,27H2,1H3,(H,28,31,33). The van der Waals surface area contributed by atoms with E-state index in [2.05, 4.69) is 0 Å². The molecule has 0 fully saturated rings. The van der Waals surface area contributed by atoms with Gasteiger partial charge in [-0.1, -0.05) is 18.2 Å². The fraction of sp³-hybridized carbons (Fsp3) is 0.143. The minimum atomic E-state index is -5.44. The first-order valence-electron chi connectivity index (χ1n) is 9.82. The van der Waals surface area contributed by atoms with Gasteiger partial charge in [0.25, 0.3) is 11.5 Å². The maximum Gasteiger partial charge on any atom is 0.434 e. The molecular formula is C21H15F4N5O5S. The second-order valence-corrected chi connectivity index (χ2v) is 9.25. The molecule has 0 saturated carbocycles. The summed E-state index contributed by atoms with van der Waals surface area (Å²) >= 11 is 0. The van der Waals surface area contributed by atoms with Crippen LogP contribution in [0.25, 0.3) is 11.1 Å². The summed E-state index contributed by atoms with van der Waals surface area (Å²) in [5.41, 5.74) is -9.72. The summed E-state index contributed by atoms with van der Waals surface area (Å²) in [4.78, 5) is 38.8. The summed E-state index contributed by atoms with van der Waals surface area (Å²) in [7, 11) is -4.55. The van der Waals surface area contributed by atoms with Crippen LogP contribution in [0.2, 0.25) is 0 Å². The molecule has 2 aromatic carbocycles. The van der Waals surface area contributed by atoms with Crippen molar-refractivity contribution in [2.75, 3.05) is 15.9 Å². The Kier molecular flexibility index (Phi) is 6.76. The van der Waals surface area contributed by atoms with E-state index in [0.717, 1.165) is 6.92 Å². The molecule has 0 saturated heterocycles. The number of nitrogens with zero attached hydrogens (tertiary/aromatic N) is 3. The van der Waals surface area contributed by atoms with Crippen molar-refractivity contribution in [1.82, 2.24) is 9.66 Å². The summed E-state index contributed by atoms with van der Waals surface area (Å²) in [5.74, 6) is 1.74. The quantitative estimate of drug-likeness (QED) is 0.380. The van der Waals surface area contributed by atoms with E-state index in [1.54, 1.807) is 0 Å². The van der Waals surface area contributed by atoms with Gasteiger partial charge in [0.15, 0.2) is 5.69 Å². The molecule has 0 atom stereocenters. The van der Waals surface area contributed by atoms with E-state index in [4.69, 9.17) is 5.84 Å². The summed E-state index contributed by atoms with van der Waals surface area (Å²) < 4.78 is 81.7. The number of nitrogens with two attached hydrogens (primary N) is 1. The number of sulfonamides is 1. The number of alkyl halides is 3. The number of hydrogen-bond acceptors (Lipinski definition) is 7. The van der Waals surface area contributed by atoms with Crippen molar-refractivity contribution in [1.29, 1.82) is 5.26 Å². The monoisotopic (exact) mass is 525 g/mol. The summed E-state index contributed by atoms with van der Waals surface area (Å²) in [6.07, 6.45) is -5.44. The predicted octanol–water partition coefficient (Wildman–Crippen LogP) is 1.94. The molecule has 10 nitrogen and oxygen atoms in total. The zero-order chi connectivity index (χ0) is 27.0. The van der Waals surface area contributed by atoms with Crippen LogP contribution in [0, 0.1) is 17.1 Å². The number of anilines is 1. The minimum Gasteiger partial charge on any atom is -0.335 e.